The van der Waals surface area contributed by atoms with E-state index in [1.54, 1.807) is 0 Å². The number of nitrogens with one attached hydrogen (secondary N) is 1. The highest BCUT2D eigenvalue weighted by molar-refractivity contribution is 5.78. The van der Waals surface area contributed by atoms with E-state index in [1.165, 1.54) is 12.0 Å². The van der Waals surface area contributed by atoms with Gasteiger partial charge >= 0.3 is 0 Å². The molecule has 0 radical (unpaired) electrons. The van der Waals surface area contributed by atoms with Crippen LogP contribution in [0.25, 0.3) is 0 Å². The number of amides is 1. The summed E-state index contributed by atoms with van der Waals surface area (Å²) >= 11 is 0. The van der Waals surface area contributed by atoms with Gasteiger partial charge in [0.25, 0.3) is 0 Å². The molecule has 1 amide bonds. The summed E-state index contributed by atoms with van der Waals surface area (Å²) in [5.41, 5.74) is 1.27. The maximum Gasteiger partial charge on any atom is 0.234 e. The highest BCUT2D eigenvalue weighted by Gasteiger charge is 2.27. The summed E-state index contributed by atoms with van der Waals surface area (Å²) in [6.45, 7) is 4.55. The largest absolute Gasteiger partial charge is 0.355 e. The van der Waals surface area contributed by atoms with Crippen molar-refractivity contribution in [1.82, 2.24) is 10.2 Å². The number of hydrogen-bond acceptors (Lipinski definition) is 2. The third-order valence-corrected chi connectivity index (χ3v) is 3.66. The van der Waals surface area contributed by atoms with E-state index in [9.17, 15) is 4.79 Å². The van der Waals surface area contributed by atoms with Crippen LogP contribution in [-0.2, 0) is 11.2 Å². The van der Waals surface area contributed by atoms with Crippen molar-refractivity contribution < 1.29 is 4.79 Å². The van der Waals surface area contributed by atoms with Crippen LogP contribution in [0.4, 0.5) is 0 Å². The fraction of sp³-hybridized carbons (Fsp3) is 0.533. The quantitative estimate of drug-likeness (QED) is 0.830. The standard InChI is InChI=1S/C15H22N2O/c1-2-14-9-11-17(14)12-15(18)16-10-8-13-6-4-3-5-7-13/h3-7,14H,2,8-12H2,1H3,(H,16,18). The van der Waals surface area contributed by atoms with Gasteiger partial charge in [0.2, 0.25) is 5.91 Å². The molecule has 0 spiro atoms. The lowest BCUT2D eigenvalue weighted by molar-refractivity contribution is -0.124. The summed E-state index contributed by atoms with van der Waals surface area (Å²) in [4.78, 5) is 14.0. The van der Waals surface area contributed by atoms with Crippen LogP contribution in [0.3, 0.4) is 0 Å². The van der Waals surface area contributed by atoms with Gasteiger partial charge < -0.3 is 5.32 Å². The fourth-order valence-corrected chi connectivity index (χ4v) is 2.40. The second-order valence-electron chi connectivity index (χ2n) is 4.91. The minimum absolute atomic E-state index is 0.157. The van der Waals surface area contributed by atoms with E-state index >= 15 is 0 Å². The molecular formula is C15H22N2O. The third kappa shape index (κ3) is 3.57. The van der Waals surface area contributed by atoms with Gasteiger partial charge in [0.05, 0.1) is 6.54 Å². The number of carbonyl (C=O) groups is 1. The lowest BCUT2D eigenvalue weighted by Crippen LogP contribution is -2.51. The molecule has 1 aromatic rings. The Hall–Kier alpha value is -1.35. The van der Waals surface area contributed by atoms with Crippen LogP contribution >= 0.6 is 0 Å². The van der Waals surface area contributed by atoms with Gasteiger partial charge in [-0.1, -0.05) is 37.3 Å². The molecule has 1 unspecified atom stereocenters. The maximum atomic E-state index is 11.7. The van der Waals surface area contributed by atoms with E-state index in [-0.39, 0.29) is 5.91 Å². The lowest BCUT2D eigenvalue weighted by atomic mass is 10.0. The first kappa shape index (κ1) is 13.1. The molecule has 1 atom stereocenters. The van der Waals surface area contributed by atoms with Crippen molar-refractivity contribution >= 4 is 5.91 Å². The summed E-state index contributed by atoms with van der Waals surface area (Å²) in [6, 6.07) is 10.9. The maximum absolute atomic E-state index is 11.7. The molecule has 0 saturated carbocycles. The Morgan fingerprint density at radius 3 is 2.78 bits per heavy atom. The van der Waals surface area contributed by atoms with Gasteiger partial charge in [0, 0.05) is 19.1 Å². The molecule has 3 nitrogen and oxygen atoms in total. The van der Waals surface area contributed by atoms with Gasteiger partial charge in [-0.05, 0) is 24.8 Å². The van der Waals surface area contributed by atoms with Gasteiger partial charge in [-0.3, -0.25) is 9.69 Å². The van der Waals surface area contributed by atoms with Gasteiger partial charge in [0.1, 0.15) is 0 Å². The molecule has 0 bridgehead atoms. The lowest BCUT2D eigenvalue weighted by Gasteiger charge is -2.39. The average molecular weight is 246 g/mol. The zero-order valence-electron chi connectivity index (χ0n) is 11.1. The van der Waals surface area contributed by atoms with E-state index in [4.69, 9.17) is 0 Å². The molecule has 98 valence electrons. The first-order valence-electron chi connectivity index (χ1n) is 6.84. The SMILES string of the molecule is CCC1CCN1CC(=O)NCCc1ccccc1. The van der Waals surface area contributed by atoms with Crippen molar-refractivity contribution in [3.8, 4) is 0 Å². The Morgan fingerprint density at radius 1 is 1.39 bits per heavy atom. The molecule has 1 aliphatic rings. The highest BCUT2D eigenvalue weighted by Crippen LogP contribution is 2.18. The Morgan fingerprint density at radius 2 is 2.17 bits per heavy atom. The average Bonchev–Trinajstić information content (AvgIpc) is 2.37. The van der Waals surface area contributed by atoms with Crippen molar-refractivity contribution in [1.29, 1.82) is 0 Å². The second kappa shape index (κ2) is 6.55. The topological polar surface area (TPSA) is 32.3 Å². The molecule has 18 heavy (non-hydrogen) atoms. The van der Waals surface area contributed by atoms with Crippen molar-refractivity contribution in [2.24, 2.45) is 0 Å². The molecule has 1 aliphatic heterocycles. The number of benzene rings is 1. The zero-order chi connectivity index (χ0) is 12.8. The predicted molar refractivity (Wildman–Crippen MR) is 73.4 cm³/mol. The summed E-state index contributed by atoms with van der Waals surface area (Å²) in [5, 5.41) is 2.99. The van der Waals surface area contributed by atoms with E-state index < -0.39 is 0 Å². The van der Waals surface area contributed by atoms with Crippen molar-refractivity contribution in [3.05, 3.63) is 35.9 Å². The molecule has 2 rings (SSSR count). The number of rotatable bonds is 6. The van der Waals surface area contributed by atoms with E-state index in [0.29, 0.717) is 12.6 Å². The normalized spacial score (nSPS) is 19.3. The number of likely N-dealkylation sites (tertiary alicyclic amines) is 1. The van der Waals surface area contributed by atoms with E-state index in [1.807, 2.05) is 18.2 Å². The molecular weight excluding hydrogens is 224 g/mol. The van der Waals surface area contributed by atoms with Crippen LogP contribution in [0.5, 0.6) is 0 Å². The molecule has 1 heterocycles. The molecule has 0 aromatic heterocycles. The van der Waals surface area contributed by atoms with Gasteiger partial charge in [0.15, 0.2) is 0 Å². The number of nitrogens with zero attached hydrogens (tertiary/aromatic N) is 1. The van der Waals surface area contributed by atoms with Crippen LogP contribution in [0, 0.1) is 0 Å². The van der Waals surface area contributed by atoms with Crippen molar-refractivity contribution in [2.45, 2.75) is 32.2 Å². The first-order valence-corrected chi connectivity index (χ1v) is 6.84. The predicted octanol–water partition coefficient (Wildman–Crippen LogP) is 1.83. The van der Waals surface area contributed by atoms with Crippen LogP contribution in [0.15, 0.2) is 30.3 Å². The molecule has 1 N–H and O–H groups in total. The Balaban J connectivity index is 1.63. The minimum atomic E-state index is 0.157. The molecule has 1 aromatic carbocycles. The zero-order valence-corrected chi connectivity index (χ0v) is 11.1. The smallest absolute Gasteiger partial charge is 0.234 e. The van der Waals surface area contributed by atoms with Gasteiger partial charge in [-0.15, -0.1) is 0 Å². The highest BCUT2D eigenvalue weighted by atomic mass is 16.2. The second-order valence-corrected chi connectivity index (χ2v) is 4.91. The fourth-order valence-electron chi connectivity index (χ4n) is 2.40. The molecule has 1 fully saturated rings. The monoisotopic (exact) mass is 246 g/mol. The van der Waals surface area contributed by atoms with Crippen LogP contribution in [0.2, 0.25) is 0 Å². The summed E-state index contributed by atoms with van der Waals surface area (Å²) < 4.78 is 0. The molecule has 0 aliphatic carbocycles. The van der Waals surface area contributed by atoms with Crippen molar-refractivity contribution in [2.75, 3.05) is 19.6 Å². The number of carbonyl (C=O) groups excluding carboxylic acids is 1. The molecule has 3 heteroatoms. The Labute approximate surface area is 109 Å². The van der Waals surface area contributed by atoms with E-state index in [2.05, 4.69) is 29.3 Å². The van der Waals surface area contributed by atoms with Crippen molar-refractivity contribution in [3.63, 3.8) is 0 Å². The summed E-state index contributed by atoms with van der Waals surface area (Å²) in [6.07, 6.45) is 3.30. The Kier molecular flexibility index (Phi) is 4.76. The van der Waals surface area contributed by atoms with Crippen LogP contribution < -0.4 is 5.32 Å². The van der Waals surface area contributed by atoms with Gasteiger partial charge in [-0.2, -0.15) is 0 Å². The van der Waals surface area contributed by atoms with Crippen LogP contribution in [0.1, 0.15) is 25.3 Å². The minimum Gasteiger partial charge on any atom is -0.355 e. The van der Waals surface area contributed by atoms with Crippen LogP contribution in [-0.4, -0.2) is 36.5 Å². The first-order chi connectivity index (χ1) is 8.79. The number of hydrogen-bond donors (Lipinski definition) is 1. The molecule has 1 saturated heterocycles. The van der Waals surface area contributed by atoms with E-state index in [0.717, 1.165) is 25.9 Å². The summed E-state index contributed by atoms with van der Waals surface area (Å²) in [5.74, 6) is 0.157. The third-order valence-electron chi connectivity index (χ3n) is 3.66. The summed E-state index contributed by atoms with van der Waals surface area (Å²) in [7, 11) is 0. The Bertz CT molecular complexity index is 375. The van der Waals surface area contributed by atoms with Gasteiger partial charge in [-0.25, -0.2) is 0 Å².